The first-order valence-electron chi connectivity index (χ1n) is 5.23. The molecule has 0 radical (unpaired) electrons. The minimum atomic E-state index is -0.271. The first kappa shape index (κ1) is 12.4. The molecule has 0 aliphatic heterocycles. The summed E-state index contributed by atoms with van der Waals surface area (Å²) in [4.78, 5) is 27.5. The number of hydrogen-bond acceptors (Lipinski definition) is 5. The summed E-state index contributed by atoms with van der Waals surface area (Å²) in [5.74, 6) is -0.161. The van der Waals surface area contributed by atoms with Crippen molar-refractivity contribution in [1.82, 2.24) is 10.3 Å². The van der Waals surface area contributed by atoms with Crippen molar-refractivity contribution in [2.24, 2.45) is 5.92 Å². The molecule has 0 unspecified atom stereocenters. The quantitative estimate of drug-likeness (QED) is 0.816. The molecule has 1 saturated carbocycles. The first-order chi connectivity index (χ1) is 8.15. The van der Waals surface area contributed by atoms with Crippen LogP contribution >= 0.6 is 23.1 Å². The lowest BCUT2D eigenvalue weighted by Crippen LogP contribution is -2.21. The first-order valence-corrected chi connectivity index (χ1v) is 7.27. The van der Waals surface area contributed by atoms with Gasteiger partial charge in [0.05, 0.1) is 0 Å². The zero-order valence-corrected chi connectivity index (χ0v) is 11.2. The van der Waals surface area contributed by atoms with Crippen LogP contribution in [0.3, 0.4) is 0 Å². The molecule has 1 aromatic heterocycles. The minimum Gasteiger partial charge on any atom is -0.354 e. The van der Waals surface area contributed by atoms with E-state index < -0.39 is 0 Å². The highest BCUT2D eigenvalue weighted by Gasteiger charge is 2.31. The normalized spacial score (nSPS) is 14.5. The van der Waals surface area contributed by atoms with Crippen molar-refractivity contribution in [2.75, 3.05) is 18.6 Å². The van der Waals surface area contributed by atoms with Crippen LogP contribution in [0.2, 0.25) is 0 Å². The summed E-state index contributed by atoms with van der Waals surface area (Å²) < 4.78 is 0.773. The predicted octanol–water partition coefficient (Wildman–Crippen LogP) is 1.57. The summed E-state index contributed by atoms with van der Waals surface area (Å²) in [7, 11) is 1.55. The van der Waals surface area contributed by atoms with Crippen LogP contribution in [0, 0.1) is 5.92 Å². The fraction of sp³-hybridized carbons (Fsp3) is 0.500. The Hall–Kier alpha value is -1.08. The van der Waals surface area contributed by atoms with Gasteiger partial charge in [-0.05, 0) is 19.1 Å². The Morgan fingerprint density at radius 2 is 2.18 bits per heavy atom. The van der Waals surface area contributed by atoms with Crippen LogP contribution in [0.1, 0.15) is 23.3 Å². The second kappa shape index (κ2) is 5.05. The maximum absolute atomic E-state index is 11.7. The van der Waals surface area contributed by atoms with Gasteiger partial charge in [-0.3, -0.25) is 9.59 Å². The topological polar surface area (TPSA) is 71.1 Å². The van der Waals surface area contributed by atoms with Crippen LogP contribution < -0.4 is 10.6 Å². The summed E-state index contributed by atoms with van der Waals surface area (Å²) in [6.07, 6.45) is 3.77. The molecule has 1 aliphatic rings. The molecule has 2 N–H and O–H groups in total. The number of anilines is 1. The van der Waals surface area contributed by atoms with Gasteiger partial charge < -0.3 is 10.6 Å². The zero-order valence-electron chi connectivity index (χ0n) is 9.57. The van der Waals surface area contributed by atoms with Crippen LogP contribution in [-0.4, -0.2) is 30.1 Å². The Morgan fingerprint density at radius 3 is 2.71 bits per heavy atom. The van der Waals surface area contributed by atoms with E-state index in [4.69, 9.17) is 0 Å². The lowest BCUT2D eigenvalue weighted by atomic mass is 10.3. The van der Waals surface area contributed by atoms with Gasteiger partial charge in [-0.2, -0.15) is 0 Å². The molecule has 2 rings (SSSR count). The molecule has 0 bridgehead atoms. The maximum atomic E-state index is 11.7. The largest absolute Gasteiger partial charge is 0.354 e. The van der Waals surface area contributed by atoms with Crippen LogP contribution in [0.4, 0.5) is 5.00 Å². The number of amides is 2. The van der Waals surface area contributed by atoms with Crippen LogP contribution in [0.5, 0.6) is 0 Å². The third-order valence-corrected chi connectivity index (χ3v) is 4.37. The number of carbonyl (C=O) groups is 2. The maximum Gasteiger partial charge on any atom is 0.272 e. The van der Waals surface area contributed by atoms with Gasteiger partial charge in [-0.1, -0.05) is 23.1 Å². The number of nitrogens with one attached hydrogen (secondary N) is 2. The fourth-order valence-corrected chi connectivity index (χ4v) is 2.77. The Kier molecular flexibility index (Phi) is 3.68. The van der Waals surface area contributed by atoms with Crippen molar-refractivity contribution in [3.05, 3.63) is 5.69 Å². The molecule has 5 nitrogen and oxygen atoms in total. The van der Waals surface area contributed by atoms with Gasteiger partial charge in [-0.25, -0.2) is 4.98 Å². The molecule has 0 saturated heterocycles. The summed E-state index contributed by atoms with van der Waals surface area (Å²) in [5, 5.41) is 5.85. The average molecular weight is 271 g/mol. The number of carbonyl (C=O) groups excluding carboxylic acids is 2. The number of rotatable bonds is 4. The summed E-state index contributed by atoms with van der Waals surface area (Å²) in [6.45, 7) is 0. The molecule has 1 aliphatic carbocycles. The predicted molar refractivity (Wildman–Crippen MR) is 68.6 cm³/mol. The van der Waals surface area contributed by atoms with E-state index in [9.17, 15) is 9.59 Å². The second-order valence-corrected chi connectivity index (χ2v) is 5.76. The summed E-state index contributed by atoms with van der Waals surface area (Å²) in [5.41, 5.74) is 0.302. The molecule has 1 heterocycles. The number of aromatic nitrogens is 1. The Bertz CT molecular complexity index is 454. The van der Waals surface area contributed by atoms with Crippen molar-refractivity contribution in [1.29, 1.82) is 0 Å². The smallest absolute Gasteiger partial charge is 0.272 e. The summed E-state index contributed by atoms with van der Waals surface area (Å²) >= 11 is 2.79. The van der Waals surface area contributed by atoms with Crippen LogP contribution in [-0.2, 0) is 4.79 Å². The lowest BCUT2D eigenvalue weighted by Gasteiger charge is -2.02. The Labute approximate surface area is 107 Å². The van der Waals surface area contributed by atoms with E-state index in [1.165, 1.54) is 23.1 Å². The van der Waals surface area contributed by atoms with Gasteiger partial charge in [0.2, 0.25) is 5.91 Å². The van der Waals surface area contributed by atoms with Crippen LogP contribution in [0.25, 0.3) is 0 Å². The monoisotopic (exact) mass is 271 g/mol. The molecule has 0 spiro atoms. The van der Waals surface area contributed by atoms with E-state index >= 15 is 0 Å². The van der Waals surface area contributed by atoms with Crippen molar-refractivity contribution in [3.8, 4) is 0 Å². The standard InChI is InChI=1S/C10H13N3O2S2/c1-11-8(15)6-9(17-10(12-6)16-2)13-7(14)5-3-4-5/h5H,3-4H2,1-2H3,(H,11,15)(H,13,14). The van der Waals surface area contributed by atoms with E-state index in [1.54, 1.807) is 7.05 Å². The molecule has 1 fully saturated rings. The van der Waals surface area contributed by atoms with E-state index in [0.29, 0.717) is 10.7 Å². The molecule has 2 amide bonds. The lowest BCUT2D eigenvalue weighted by molar-refractivity contribution is -0.117. The number of thioether (sulfide) groups is 1. The van der Waals surface area contributed by atoms with Gasteiger partial charge in [0, 0.05) is 13.0 Å². The average Bonchev–Trinajstić information content (AvgIpc) is 3.10. The summed E-state index contributed by atoms with van der Waals surface area (Å²) in [6, 6.07) is 0. The van der Waals surface area contributed by atoms with Gasteiger partial charge in [-0.15, -0.1) is 0 Å². The molecule has 0 aromatic carbocycles. The van der Waals surface area contributed by atoms with Gasteiger partial charge in [0.15, 0.2) is 10.0 Å². The van der Waals surface area contributed by atoms with Crippen LogP contribution in [0.15, 0.2) is 4.34 Å². The molecular formula is C10H13N3O2S2. The van der Waals surface area contributed by atoms with Crippen molar-refractivity contribution in [2.45, 2.75) is 17.2 Å². The fourth-order valence-electron chi connectivity index (χ4n) is 1.30. The van der Waals surface area contributed by atoms with Crippen molar-refractivity contribution in [3.63, 3.8) is 0 Å². The van der Waals surface area contributed by atoms with E-state index in [0.717, 1.165) is 17.2 Å². The molecule has 17 heavy (non-hydrogen) atoms. The molecule has 7 heteroatoms. The molecule has 0 atom stereocenters. The highest BCUT2D eigenvalue weighted by Crippen LogP contribution is 2.34. The van der Waals surface area contributed by atoms with Crippen molar-refractivity contribution >= 4 is 39.9 Å². The zero-order chi connectivity index (χ0) is 12.4. The Morgan fingerprint density at radius 1 is 1.47 bits per heavy atom. The molecule has 1 aromatic rings. The number of thiazole rings is 1. The highest BCUT2D eigenvalue weighted by molar-refractivity contribution is 8.00. The highest BCUT2D eigenvalue weighted by atomic mass is 32.2. The van der Waals surface area contributed by atoms with E-state index in [1.807, 2.05) is 6.26 Å². The SMILES string of the molecule is CNC(=O)c1nc(SC)sc1NC(=O)C1CC1. The van der Waals surface area contributed by atoms with E-state index in [2.05, 4.69) is 15.6 Å². The number of hydrogen-bond donors (Lipinski definition) is 2. The minimum absolute atomic E-state index is 0.00791. The third-order valence-electron chi connectivity index (χ3n) is 2.41. The van der Waals surface area contributed by atoms with E-state index in [-0.39, 0.29) is 17.7 Å². The number of nitrogens with zero attached hydrogens (tertiary/aromatic N) is 1. The van der Waals surface area contributed by atoms with Gasteiger partial charge in [0.1, 0.15) is 5.00 Å². The van der Waals surface area contributed by atoms with Gasteiger partial charge >= 0.3 is 0 Å². The molecule has 92 valence electrons. The Balaban J connectivity index is 2.20. The molecular weight excluding hydrogens is 258 g/mol. The van der Waals surface area contributed by atoms with Crippen molar-refractivity contribution < 1.29 is 9.59 Å². The third kappa shape index (κ3) is 2.78. The second-order valence-electron chi connectivity index (χ2n) is 3.70. The van der Waals surface area contributed by atoms with Gasteiger partial charge in [0.25, 0.3) is 5.91 Å².